The summed E-state index contributed by atoms with van der Waals surface area (Å²) in [5, 5.41) is 5.04. The summed E-state index contributed by atoms with van der Waals surface area (Å²) in [6.45, 7) is -0.0219. The number of carbonyl (C=O) groups is 1. The number of hydrogen-bond acceptors (Lipinski definition) is 3. The van der Waals surface area contributed by atoms with E-state index in [1.54, 1.807) is 0 Å². The van der Waals surface area contributed by atoms with Gasteiger partial charge in [0.05, 0.1) is 6.54 Å². The van der Waals surface area contributed by atoms with Crippen LogP contribution in [0.15, 0.2) is 24.3 Å². The monoisotopic (exact) mass is 248 g/mol. The van der Waals surface area contributed by atoms with Crippen LogP contribution in [0, 0.1) is 0 Å². The molecule has 4 nitrogen and oxygen atoms in total. The molecule has 0 aliphatic heterocycles. The smallest absolute Gasteiger partial charge is 0.406 e. The molecule has 0 radical (unpaired) electrons. The van der Waals surface area contributed by atoms with Crippen LogP contribution in [-0.2, 0) is 4.79 Å². The molecule has 17 heavy (non-hydrogen) atoms. The Kier molecular flexibility index (Phi) is 4.19. The number of halogens is 3. The first-order chi connectivity index (χ1) is 7.90. The van der Waals surface area contributed by atoms with Crippen molar-refractivity contribution >= 4 is 11.6 Å². The van der Waals surface area contributed by atoms with E-state index in [2.05, 4.69) is 15.4 Å². The minimum absolute atomic E-state index is 0.0219. The topological polar surface area (TPSA) is 50.4 Å². The van der Waals surface area contributed by atoms with Crippen molar-refractivity contribution in [2.45, 2.75) is 6.36 Å². The highest BCUT2D eigenvalue weighted by atomic mass is 19.4. The maximum atomic E-state index is 11.9. The van der Waals surface area contributed by atoms with Gasteiger partial charge in [-0.2, -0.15) is 0 Å². The molecular formula is C10H11F3N2O2. The molecule has 94 valence electrons. The molecule has 0 fully saturated rings. The maximum Gasteiger partial charge on any atom is 0.573 e. The van der Waals surface area contributed by atoms with E-state index >= 15 is 0 Å². The summed E-state index contributed by atoms with van der Waals surface area (Å²) in [5.41, 5.74) is 0.371. The fourth-order valence-electron chi connectivity index (χ4n) is 1.07. The van der Waals surface area contributed by atoms with Crippen LogP contribution in [0.1, 0.15) is 0 Å². The van der Waals surface area contributed by atoms with Crippen LogP contribution >= 0.6 is 0 Å². The fourth-order valence-corrected chi connectivity index (χ4v) is 1.07. The summed E-state index contributed by atoms with van der Waals surface area (Å²) in [7, 11) is 1.47. The van der Waals surface area contributed by atoms with Gasteiger partial charge in [-0.05, 0) is 12.1 Å². The zero-order valence-corrected chi connectivity index (χ0v) is 8.97. The number of anilines is 1. The number of nitrogens with one attached hydrogen (secondary N) is 2. The summed E-state index contributed by atoms with van der Waals surface area (Å²) < 4.78 is 39.5. The SMILES string of the molecule is CNC(=O)CNc1cccc(OC(F)(F)F)c1. The van der Waals surface area contributed by atoms with Crippen LogP contribution in [0.4, 0.5) is 18.9 Å². The van der Waals surface area contributed by atoms with Gasteiger partial charge in [0.25, 0.3) is 0 Å². The molecule has 0 saturated carbocycles. The van der Waals surface area contributed by atoms with E-state index < -0.39 is 6.36 Å². The molecule has 1 aromatic carbocycles. The van der Waals surface area contributed by atoms with Gasteiger partial charge in [0.2, 0.25) is 5.91 Å². The third-order valence-electron chi connectivity index (χ3n) is 1.80. The molecular weight excluding hydrogens is 237 g/mol. The lowest BCUT2D eigenvalue weighted by Gasteiger charge is -2.10. The van der Waals surface area contributed by atoms with E-state index in [1.165, 1.54) is 25.2 Å². The van der Waals surface area contributed by atoms with Gasteiger partial charge in [0, 0.05) is 18.8 Å². The van der Waals surface area contributed by atoms with E-state index in [4.69, 9.17) is 0 Å². The van der Waals surface area contributed by atoms with Gasteiger partial charge in [-0.15, -0.1) is 13.2 Å². The van der Waals surface area contributed by atoms with Gasteiger partial charge in [-0.3, -0.25) is 4.79 Å². The van der Waals surface area contributed by atoms with Gasteiger partial charge in [0.15, 0.2) is 0 Å². The van der Waals surface area contributed by atoms with Crippen molar-refractivity contribution < 1.29 is 22.7 Å². The second-order valence-electron chi connectivity index (χ2n) is 3.10. The average Bonchev–Trinajstić information content (AvgIpc) is 2.24. The van der Waals surface area contributed by atoms with Crippen LogP contribution in [0.2, 0.25) is 0 Å². The van der Waals surface area contributed by atoms with Crippen LogP contribution < -0.4 is 15.4 Å². The molecule has 1 amide bonds. The number of carbonyl (C=O) groups excluding carboxylic acids is 1. The van der Waals surface area contributed by atoms with Gasteiger partial charge in [0.1, 0.15) is 5.75 Å². The maximum absolute atomic E-state index is 11.9. The second-order valence-corrected chi connectivity index (χ2v) is 3.10. The molecule has 1 rings (SSSR count). The number of likely N-dealkylation sites (N-methyl/N-ethyl adjacent to an activating group) is 1. The first-order valence-electron chi connectivity index (χ1n) is 4.71. The zero-order valence-electron chi connectivity index (χ0n) is 8.97. The predicted octanol–water partition coefficient (Wildman–Crippen LogP) is 1.74. The Bertz CT molecular complexity index is 393. The van der Waals surface area contributed by atoms with Crippen LogP contribution in [-0.4, -0.2) is 25.9 Å². The van der Waals surface area contributed by atoms with Crippen molar-refractivity contribution in [1.29, 1.82) is 0 Å². The molecule has 7 heteroatoms. The van der Waals surface area contributed by atoms with Gasteiger partial charge < -0.3 is 15.4 Å². The quantitative estimate of drug-likeness (QED) is 0.853. The Morgan fingerprint density at radius 1 is 1.41 bits per heavy atom. The first kappa shape index (κ1) is 13.1. The fraction of sp³-hybridized carbons (Fsp3) is 0.300. The first-order valence-corrected chi connectivity index (χ1v) is 4.71. The zero-order chi connectivity index (χ0) is 12.9. The van der Waals surface area contributed by atoms with E-state index in [0.717, 1.165) is 6.07 Å². The second kappa shape index (κ2) is 5.42. The predicted molar refractivity (Wildman–Crippen MR) is 55.7 cm³/mol. The number of hydrogen-bond donors (Lipinski definition) is 2. The van der Waals surface area contributed by atoms with Crippen molar-refractivity contribution in [2.24, 2.45) is 0 Å². The van der Waals surface area contributed by atoms with Crippen molar-refractivity contribution in [3.63, 3.8) is 0 Å². The van der Waals surface area contributed by atoms with Crippen LogP contribution in [0.25, 0.3) is 0 Å². The average molecular weight is 248 g/mol. The van der Waals surface area contributed by atoms with Crippen LogP contribution in [0.5, 0.6) is 5.75 Å². The highest BCUT2D eigenvalue weighted by Crippen LogP contribution is 2.24. The van der Waals surface area contributed by atoms with E-state index in [0.29, 0.717) is 5.69 Å². The Hall–Kier alpha value is -1.92. The van der Waals surface area contributed by atoms with E-state index in [-0.39, 0.29) is 18.2 Å². The molecule has 0 aromatic heterocycles. The van der Waals surface area contributed by atoms with Crippen molar-refractivity contribution in [2.75, 3.05) is 18.9 Å². The Balaban J connectivity index is 2.63. The normalized spacial score (nSPS) is 10.8. The summed E-state index contributed by atoms with van der Waals surface area (Å²) in [5.74, 6) is -0.605. The minimum Gasteiger partial charge on any atom is -0.406 e. The van der Waals surface area contributed by atoms with Crippen molar-refractivity contribution in [3.05, 3.63) is 24.3 Å². The standard InChI is InChI=1S/C10H11F3N2O2/c1-14-9(16)6-15-7-3-2-4-8(5-7)17-10(11,12)13/h2-5,15H,6H2,1H3,(H,14,16). The number of ether oxygens (including phenoxy) is 1. The molecule has 0 bridgehead atoms. The molecule has 0 aliphatic rings. The highest BCUT2D eigenvalue weighted by molar-refractivity contribution is 5.80. The number of alkyl halides is 3. The Labute approximate surface area is 95.8 Å². The Morgan fingerprint density at radius 3 is 2.71 bits per heavy atom. The van der Waals surface area contributed by atoms with Crippen molar-refractivity contribution in [3.8, 4) is 5.75 Å². The number of rotatable bonds is 4. The molecule has 0 unspecified atom stereocenters. The van der Waals surface area contributed by atoms with E-state index in [9.17, 15) is 18.0 Å². The largest absolute Gasteiger partial charge is 0.573 e. The highest BCUT2D eigenvalue weighted by Gasteiger charge is 2.31. The lowest BCUT2D eigenvalue weighted by Crippen LogP contribution is -2.26. The van der Waals surface area contributed by atoms with Crippen LogP contribution in [0.3, 0.4) is 0 Å². The molecule has 0 saturated heterocycles. The summed E-state index contributed by atoms with van der Waals surface area (Å²) in [6, 6.07) is 5.27. The van der Waals surface area contributed by atoms with Gasteiger partial charge in [-0.1, -0.05) is 6.07 Å². The number of benzene rings is 1. The molecule has 2 N–H and O–H groups in total. The number of amides is 1. The molecule has 0 aliphatic carbocycles. The van der Waals surface area contributed by atoms with E-state index in [1.807, 2.05) is 0 Å². The lowest BCUT2D eigenvalue weighted by atomic mass is 10.3. The van der Waals surface area contributed by atoms with Crippen molar-refractivity contribution in [1.82, 2.24) is 5.32 Å². The summed E-state index contributed by atoms with van der Waals surface area (Å²) in [6.07, 6.45) is -4.72. The Morgan fingerprint density at radius 2 is 2.12 bits per heavy atom. The third-order valence-corrected chi connectivity index (χ3v) is 1.80. The molecule has 0 atom stereocenters. The molecule has 1 aromatic rings. The summed E-state index contributed by atoms with van der Waals surface area (Å²) in [4.78, 5) is 10.9. The van der Waals surface area contributed by atoms with Gasteiger partial charge in [-0.25, -0.2) is 0 Å². The molecule has 0 heterocycles. The lowest BCUT2D eigenvalue weighted by molar-refractivity contribution is -0.274. The third kappa shape index (κ3) is 5.10. The molecule has 0 spiro atoms. The summed E-state index contributed by atoms with van der Waals surface area (Å²) >= 11 is 0. The minimum atomic E-state index is -4.72. The van der Waals surface area contributed by atoms with Gasteiger partial charge >= 0.3 is 6.36 Å².